The number of methoxy groups -OCH3 is 1. The summed E-state index contributed by atoms with van der Waals surface area (Å²) in [6.45, 7) is 7.01. The van der Waals surface area contributed by atoms with E-state index < -0.39 is 0 Å². The summed E-state index contributed by atoms with van der Waals surface area (Å²) in [6, 6.07) is 4.13. The molecule has 2 rings (SSSR count). The lowest BCUT2D eigenvalue weighted by atomic mass is 9.98. The van der Waals surface area contributed by atoms with Crippen LogP contribution in [0.5, 0.6) is 5.75 Å². The van der Waals surface area contributed by atoms with Gasteiger partial charge >= 0.3 is 0 Å². The van der Waals surface area contributed by atoms with Crippen LogP contribution in [0.3, 0.4) is 0 Å². The summed E-state index contributed by atoms with van der Waals surface area (Å²) in [5, 5.41) is 11.9. The number of hydrogen-bond donors (Lipinski definition) is 1. The molecule has 2 heterocycles. The molecule has 0 saturated heterocycles. The van der Waals surface area contributed by atoms with Crippen LogP contribution in [0.25, 0.3) is 0 Å². The molecule has 0 amide bonds. The molecule has 5 nitrogen and oxygen atoms in total. The summed E-state index contributed by atoms with van der Waals surface area (Å²) in [6.07, 6.45) is 4.64. The minimum Gasteiger partial charge on any atom is -0.495 e. The third-order valence-corrected chi connectivity index (χ3v) is 3.35. The molecule has 112 valence electrons. The third-order valence-electron chi connectivity index (χ3n) is 3.35. The van der Waals surface area contributed by atoms with Crippen LogP contribution in [0, 0.1) is 13.8 Å². The molecule has 1 atom stereocenters. The van der Waals surface area contributed by atoms with E-state index in [4.69, 9.17) is 4.74 Å². The zero-order valence-corrected chi connectivity index (χ0v) is 13.1. The number of rotatable bonds is 6. The Labute approximate surface area is 125 Å². The van der Waals surface area contributed by atoms with E-state index in [0.29, 0.717) is 0 Å². The second-order valence-electron chi connectivity index (χ2n) is 5.07. The second kappa shape index (κ2) is 7.13. The van der Waals surface area contributed by atoms with Gasteiger partial charge in [-0.3, -0.25) is 4.98 Å². The molecule has 21 heavy (non-hydrogen) atoms. The highest BCUT2D eigenvalue weighted by molar-refractivity contribution is 5.36. The van der Waals surface area contributed by atoms with E-state index in [2.05, 4.69) is 33.5 Å². The molecule has 0 aliphatic heterocycles. The molecule has 0 aliphatic rings. The number of aryl methyl sites for hydroxylation is 2. The van der Waals surface area contributed by atoms with Crippen molar-refractivity contribution in [2.24, 2.45) is 0 Å². The predicted molar refractivity (Wildman–Crippen MR) is 82.4 cm³/mol. The lowest BCUT2D eigenvalue weighted by Crippen LogP contribution is -2.24. The molecular weight excluding hydrogens is 264 g/mol. The first-order chi connectivity index (χ1) is 10.2. The van der Waals surface area contributed by atoms with Gasteiger partial charge in [-0.15, -0.1) is 0 Å². The Hall–Kier alpha value is -2.01. The lowest BCUT2D eigenvalue weighted by Gasteiger charge is -2.21. The summed E-state index contributed by atoms with van der Waals surface area (Å²) in [5.41, 5.74) is 4.04. The number of nitrogens with one attached hydrogen (secondary N) is 1. The van der Waals surface area contributed by atoms with Crippen molar-refractivity contribution in [1.29, 1.82) is 0 Å². The van der Waals surface area contributed by atoms with Crippen molar-refractivity contribution < 1.29 is 4.74 Å². The first-order valence-electron chi connectivity index (χ1n) is 7.18. The average Bonchev–Trinajstić information content (AvgIpc) is 2.51. The number of aromatic nitrogens is 3. The Morgan fingerprint density at radius 3 is 2.71 bits per heavy atom. The van der Waals surface area contributed by atoms with Crippen LogP contribution in [0.15, 0.2) is 24.5 Å². The monoisotopic (exact) mass is 286 g/mol. The molecule has 0 aliphatic carbocycles. The van der Waals surface area contributed by atoms with E-state index in [1.807, 2.05) is 26.1 Å². The fourth-order valence-corrected chi connectivity index (χ4v) is 2.26. The molecule has 0 saturated carbocycles. The van der Waals surface area contributed by atoms with E-state index in [-0.39, 0.29) is 6.04 Å². The van der Waals surface area contributed by atoms with E-state index in [9.17, 15) is 0 Å². The Balaban J connectivity index is 2.44. The van der Waals surface area contributed by atoms with Crippen molar-refractivity contribution in [3.63, 3.8) is 0 Å². The average molecular weight is 286 g/mol. The van der Waals surface area contributed by atoms with Crippen LogP contribution in [0.2, 0.25) is 0 Å². The highest BCUT2D eigenvalue weighted by Crippen LogP contribution is 2.26. The Morgan fingerprint density at radius 2 is 2.00 bits per heavy atom. The SMILES string of the molecule is CCCNC(c1cncc(OC)c1)c1cc(C)nnc1C. The largest absolute Gasteiger partial charge is 0.495 e. The van der Waals surface area contributed by atoms with Crippen LogP contribution in [-0.4, -0.2) is 28.8 Å². The van der Waals surface area contributed by atoms with Crippen molar-refractivity contribution >= 4 is 0 Å². The third kappa shape index (κ3) is 3.76. The molecular formula is C16H22N4O. The van der Waals surface area contributed by atoms with E-state index in [0.717, 1.165) is 41.2 Å². The van der Waals surface area contributed by atoms with Gasteiger partial charge < -0.3 is 10.1 Å². The number of ether oxygens (including phenoxy) is 1. The predicted octanol–water partition coefficient (Wildman–Crippen LogP) is 2.59. The fourth-order valence-electron chi connectivity index (χ4n) is 2.26. The zero-order valence-electron chi connectivity index (χ0n) is 13.1. The topological polar surface area (TPSA) is 59.9 Å². The van der Waals surface area contributed by atoms with Gasteiger partial charge in [0.1, 0.15) is 5.75 Å². The summed E-state index contributed by atoms with van der Waals surface area (Å²) < 4.78 is 5.28. The first-order valence-corrected chi connectivity index (χ1v) is 7.18. The molecule has 0 bridgehead atoms. The van der Waals surface area contributed by atoms with Crippen LogP contribution >= 0.6 is 0 Å². The summed E-state index contributed by atoms with van der Waals surface area (Å²) >= 11 is 0. The maximum absolute atomic E-state index is 5.28. The quantitative estimate of drug-likeness (QED) is 0.884. The van der Waals surface area contributed by atoms with Crippen molar-refractivity contribution in [3.8, 4) is 5.75 Å². The fraction of sp³-hybridized carbons (Fsp3) is 0.438. The second-order valence-corrected chi connectivity index (χ2v) is 5.07. The zero-order chi connectivity index (χ0) is 15.2. The molecule has 2 aromatic rings. The summed E-state index contributed by atoms with van der Waals surface area (Å²) in [7, 11) is 1.65. The lowest BCUT2D eigenvalue weighted by molar-refractivity contribution is 0.411. The van der Waals surface area contributed by atoms with Crippen molar-refractivity contribution in [3.05, 3.63) is 47.0 Å². The highest BCUT2D eigenvalue weighted by Gasteiger charge is 2.18. The van der Waals surface area contributed by atoms with E-state index in [1.165, 1.54) is 0 Å². The molecule has 1 unspecified atom stereocenters. The molecule has 0 spiro atoms. The van der Waals surface area contributed by atoms with Crippen LogP contribution < -0.4 is 10.1 Å². The molecule has 0 fully saturated rings. The van der Waals surface area contributed by atoms with Crippen LogP contribution in [-0.2, 0) is 0 Å². The van der Waals surface area contributed by atoms with Crippen LogP contribution in [0.1, 0.15) is 41.9 Å². The number of nitrogens with zero attached hydrogens (tertiary/aromatic N) is 3. The Bertz CT molecular complexity index is 601. The van der Waals surface area contributed by atoms with Gasteiger partial charge in [-0.25, -0.2) is 0 Å². The standard InChI is InChI=1S/C16H22N4O/c1-5-6-18-16(13-8-14(21-4)10-17-9-13)15-7-11(2)19-20-12(15)3/h7-10,16,18H,5-6H2,1-4H3. The van der Waals surface area contributed by atoms with Gasteiger partial charge in [0.05, 0.1) is 30.7 Å². The summed E-state index contributed by atoms with van der Waals surface area (Å²) in [4.78, 5) is 4.26. The minimum absolute atomic E-state index is 0.0433. The Morgan fingerprint density at radius 1 is 1.19 bits per heavy atom. The molecule has 5 heteroatoms. The first kappa shape index (κ1) is 15.4. The summed E-state index contributed by atoms with van der Waals surface area (Å²) in [5.74, 6) is 0.757. The van der Waals surface area contributed by atoms with Crippen LogP contribution in [0.4, 0.5) is 0 Å². The Kier molecular flexibility index (Phi) is 5.22. The van der Waals surface area contributed by atoms with Gasteiger partial charge in [-0.1, -0.05) is 6.92 Å². The van der Waals surface area contributed by atoms with E-state index in [1.54, 1.807) is 13.3 Å². The number of hydrogen-bond acceptors (Lipinski definition) is 5. The maximum Gasteiger partial charge on any atom is 0.137 e. The maximum atomic E-state index is 5.28. The smallest absolute Gasteiger partial charge is 0.137 e. The van der Waals surface area contributed by atoms with Crippen molar-refractivity contribution in [2.45, 2.75) is 33.2 Å². The molecule has 1 N–H and O–H groups in total. The molecule has 0 aromatic carbocycles. The molecule has 0 radical (unpaired) electrons. The normalized spacial score (nSPS) is 12.2. The minimum atomic E-state index is 0.0433. The molecule has 2 aromatic heterocycles. The van der Waals surface area contributed by atoms with Crippen molar-refractivity contribution in [1.82, 2.24) is 20.5 Å². The van der Waals surface area contributed by atoms with Gasteiger partial charge in [-0.2, -0.15) is 10.2 Å². The van der Waals surface area contributed by atoms with Gasteiger partial charge in [-0.05, 0) is 50.1 Å². The van der Waals surface area contributed by atoms with Gasteiger partial charge in [0.25, 0.3) is 0 Å². The van der Waals surface area contributed by atoms with Gasteiger partial charge in [0.2, 0.25) is 0 Å². The van der Waals surface area contributed by atoms with Gasteiger partial charge in [0.15, 0.2) is 0 Å². The van der Waals surface area contributed by atoms with Gasteiger partial charge in [0, 0.05) is 6.20 Å². The van der Waals surface area contributed by atoms with E-state index >= 15 is 0 Å². The highest BCUT2D eigenvalue weighted by atomic mass is 16.5. The number of pyridine rings is 1. The van der Waals surface area contributed by atoms with Crippen molar-refractivity contribution in [2.75, 3.05) is 13.7 Å².